The van der Waals surface area contributed by atoms with E-state index in [4.69, 9.17) is 4.74 Å². The van der Waals surface area contributed by atoms with Gasteiger partial charge in [0.25, 0.3) is 0 Å². The highest BCUT2D eigenvalue weighted by atomic mass is 16.5. The van der Waals surface area contributed by atoms with Crippen molar-refractivity contribution >= 4 is 34.5 Å². The number of aromatic amines is 1. The summed E-state index contributed by atoms with van der Waals surface area (Å²) in [5.41, 5.74) is 1.42. The number of hydrogen-bond donors (Lipinski definition) is 4. The van der Waals surface area contributed by atoms with Crippen LogP contribution in [0.2, 0.25) is 0 Å². The van der Waals surface area contributed by atoms with Gasteiger partial charge in [-0.2, -0.15) is 0 Å². The van der Waals surface area contributed by atoms with Crippen molar-refractivity contribution in [1.29, 1.82) is 0 Å². The number of urea groups is 1. The number of carbonyl (C=O) groups excluding carboxylic acids is 3. The van der Waals surface area contributed by atoms with Gasteiger partial charge >= 0.3 is 12.0 Å². The molecule has 2 rings (SSSR count). The smallest absolute Gasteiger partial charge is 0.338 e. The van der Waals surface area contributed by atoms with E-state index in [2.05, 4.69) is 20.9 Å². The van der Waals surface area contributed by atoms with Crippen LogP contribution in [0.25, 0.3) is 10.9 Å². The Labute approximate surface area is 132 Å². The monoisotopic (exact) mass is 318 g/mol. The number of rotatable bonds is 4. The Morgan fingerprint density at radius 2 is 2.00 bits per heavy atom. The molecule has 0 aliphatic carbocycles. The summed E-state index contributed by atoms with van der Waals surface area (Å²) in [7, 11) is 2.78. The zero-order valence-electron chi connectivity index (χ0n) is 13.0. The zero-order chi connectivity index (χ0) is 17.0. The van der Waals surface area contributed by atoms with E-state index in [1.54, 1.807) is 25.3 Å². The molecule has 0 unspecified atom stereocenters. The van der Waals surface area contributed by atoms with Gasteiger partial charge in [0.2, 0.25) is 5.91 Å². The molecule has 1 aromatic heterocycles. The number of methoxy groups -OCH3 is 1. The van der Waals surface area contributed by atoms with Crippen molar-refractivity contribution in [2.24, 2.45) is 0 Å². The summed E-state index contributed by atoms with van der Waals surface area (Å²) in [6.45, 7) is 1.56. The molecule has 8 heteroatoms. The third kappa shape index (κ3) is 3.60. The molecule has 1 heterocycles. The zero-order valence-corrected chi connectivity index (χ0v) is 13.0. The van der Waals surface area contributed by atoms with E-state index in [0.717, 1.165) is 0 Å². The van der Waals surface area contributed by atoms with Crippen LogP contribution in [0.1, 0.15) is 17.3 Å². The number of benzene rings is 1. The van der Waals surface area contributed by atoms with Crippen molar-refractivity contribution < 1.29 is 19.1 Å². The number of esters is 1. The van der Waals surface area contributed by atoms with Gasteiger partial charge in [-0.05, 0) is 25.1 Å². The summed E-state index contributed by atoms with van der Waals surface area (Å²) >= 11 is 0. The highest BCUT2D eigenvalue weighted by Crippen LogP contribution is 2.23. The summed E-state index contributed by atoms with van der Waals surface area (Å²) in [5, 5.41) is 8.22. The minimum atomic E-state index is -0.686. The maximum atomic E-state index is 11.9. The number of anilines is 1. The molecular weight excluding hydrogens is 300 g/mol. The van der Waals surface area contributed by atoms with Crippen molar-refractivity contribution in [3.63, 3.8) is 0 Å². The largest absolute Gasteiger partial charge is 0.465 e. The number of likely N-dealkylation sites (N-methyl/N-ethyl adjacent to an activating group) is 1. The first-order chi connectivity index (χ1) is 11.0. The maximum absolute atomic E-state index is 11.9. The first kappa shape index (κ1) is 16.3. The summed E-state index contributed by atoms with van der Waals surface area (Å²) in [4.78, 5) is 38.2. The number of amides is 3. The SMILES string of the molecule is CNC(=O)[C@H](C)NC(=O)Nc1cc(C(=O)OC)c2cc[nH]c2c1. The maximum Gasteiger partial charge on any atom is 0.338 e. The van der Waals surface area contributed by atoms with Crippen LogP contribution >= 0.6 is 0 Å². The summed E-state index contributed by atoms with van der Waals surface area (Å²) in [5.74, 6) is -0.812. The van der Waals surface area contributed by atoms with Crippen molar-refractivity contribution in [1.82, 2.24) is 15.6 Å². The van der Waals surface area contributed by atoms with Crippen LogP contribution in [-0.2, 0) is 9.53 Å². The van der Waals surface area contributed by atoms with Gasteiger partial charge in [-0.3, -0.25) is 4.79 Å². The van der Waals surface area contributed by atoms with Crippen molar-refractivity contribution in [3.05, 3.63) is 30.0 Å². The van der Waals surface area contributed by atoms with Crippen LogP contribution in [0, 0.1) is 0 Å². The minimum Gasteiger partial charge on any atom is -0.465 e. The van der Waals surface area contributed by atoms with Gasteiger partial charge in [0, 0.05) is 29.8 Å². The average Bonchev–Trinajstić information content (AvgIpc) is 3.00. The lowest BCUT2D eigenvalue weighted by molar-refractivity contribution is -0.122. The Bertz CT molecular complexity index is 753. The topological polar surface area (TPSA) is 112 Å². The Balaban J connectivity index is 2.21. The van der Waals surface area contributed by atoms with E-state index in [1.807, 2.05) is 0 Å². The number of ether oxygens (including phenoxy) is 1. The van der Waals surface area contributed by atoms with Crippen LogP contribution in [-0.4, -0.2) is 43.1 Å². The van der Waals surface area contributed by atoms with E-state index >= 15 is 0 Å². The average molecular weight is 318 g/mol. The van der Waals surface area contributed by atoms with Gasteiger partial charge in [-0.1, -0.05) is 0 Å². The summed E-state index contributed by atoms with van der Waals surface area (Å²) in [6, 6.07) is 3.72. The molecule has 2 aromatic rings. The number of carbonyl (C=O) groups is 3. The molecule has 0 fully saturated rings. The fraction of sp³-hybridized carbons (Fsp3) is 0.267. The van der Waals surface area contributed by atoms with Gasteiger partial charge < -0.3 is 25.7 Å². The van der Waals surface area contributed by atoms with Gasteiger partial charge in [-0.25, -0.2) is 9.59 Å². The third-order valence-corrected chi connectivity index (χ3v) is 3.32. The quantitative estimate of drug-likeness (QED) is 0.635. The third-order valence-electron chi connectivity index (χ3n) is 3.32. The standard InChI is InChI=1S/C15H18N4O4/c1-8(13(20)16-2)18-15(22)19-9-6-11(14(21)23-3)10-4-5-17-12(10)7-9/h4-8,17H,1-3H3,(H,16,20)(H2,18,19,22)/t8-/m0/s1. The van der Waals surface area contributed by atoms with E-state index in [-0.39, 0.29) is 5.91 Å². The summed E-state index contributed by atoms with van der Waals surface area (Å²) in [6.07, 6.45) is 1.69. The molecule has 0 aliphatic heterocycles. The highest BCUT2D eigenvalue weighted by molar-refractivity contribution is 6.06. The normalized spacial score (nSPS) is 11.6. The predicted octanol–water partition coefficient (Wildman–Crippen LogP) is 1.21. The summed E-state index contributed by atoms with van der Waals surface area (Å²) < 4.78 is 4.75. The second-order valence-electron chi connectivity index (χ2n) is 4.89. The van der Waals surface area contributed by atoms with Crippen LogP contribution in [0.4, 0.5) is 10.5 Å². The van der Waals surface area contributed by atoms with E-state index in [9.17, 15) is 14.4 Å². The van der Waals surface area contributed by atoms with E-state index in [1.165, 1.54) is 20.2 Å². The van der Waals surface area contributed by atoms with E-state index < -0.39 is 18.0 Å². The fourth-order valence-corrected chi connectivity index (χ4v) is 2.16. The fourth-order valence-electron chi connectivity index (χ4n) is 2.16. The van der Waals surface area contributed by atoms with Crippen LogP contribution < -0.4 is 16.0 Å². The molecule has 122 valence electrons. The lowest BCUT2D eigenvalue weighted by Gasteiger charge is -2.14. The van der Waals surface area contributed by atoms with Crippen LogP contribution in [0.15, 0.2) is 24.4 Å². The molecule has 0 spiro atoms. The molecule has 0 radical (unpaired) electrons. The van der Waals surface area contributed by atoms with Crippen molar-refractivity contribution in [3.8, 4) is 0 Å². The van der Waals surface area contributed by atoms with Crippen LogP contribution in [0.5, 0.6) is 0 Å². The lowest BCUT2D eigenvalue weighted by atomic mass is 10.1. The molecule has 0 saturated carbocycles. The molecule has 4 N–H and O–H groups in total. The molecule has 0 aliphatic rings. The van der Waals surface area contributed by atoms with Crippen molar-refractivity contribution in [2.75, 3.05) is 19.5 Å². The lowest BCUT2D eigenvalue weighted by Crippen LogP contribution is -2.45. The van der Waals surface area contributed by atoms with Gasteiger partial charge in [0.05, 0.1) is 12.7 Å². The Hall–Kier alpha value is -3.03. The molecule has 1 aromatic carbocycles. The van der Waals surface area contributed by atoms with E-state index in [0.29, 0.717) is 22.2 Å². The molecule has 0 saturated heterocycles. The predicted molar refractivity (Wildman–Crippen MR) is 85.3 cm³/mol. The Morgan fingerprint density at radius 3 is 2.65 bits per heavy atom. The molecule has 3 amide bonds. The van der Waals surface area contributed by atoms with Crippen LogP contribution in [0.3, 0.4) is 0 Å². The first-order valence-corrected chi connectivity index (χ1v) is 6.94. The second kappa shape index (κ2) is 6.82. The highest BCUT2D eigenvalue weighted by Gasteiger charge is 2.16. The van der Waals surface area contributed by atoms with Gasteiger partial charge in [-0.15, -0.1) is 0 Å². The Morgan fingerprint density at radius 1 is 1.26 bits per heavy atom. The number of nitrogens with one attached hydrogen (secondary N) is 4. The Kier molecular flexibility index (Phi) is 4.85. The molecule has 8 nitrogen and oxygen atoms in total. The van der Waals surface area contributed by atoms with Gasteiger partial charge in [0.15, 0.2) is 0 Å². The molecule has 1 atom stereocenters. The minimum absolute atomic E-state index is 0.310. The number of aromatic nitrogens is 1. The molecule has 0 bridgehead atoms. The number of H-pyrrole nitrogens is 1. The van der Waals surface area contributed by atoms with Crippen molar-refractivity contribution in [2.45, 2.75) is 13.0 Å². The molecule has 23 heavy (non-hydrogen) atoms. The van der Waals surface area contributed by atoms with Gasteiger partial charge in [0.1, 0.15) is 6.04 Å². The number of fused-ring (bicyclic) bond motifs is 1. The molecular formula is C15H18N4O4. The number of hydrogen-bond acceptors (Lipinski definition) is 4. The first-order valence-electron chi connectivity index (χ1n) is 6.94. The second-order valence-corrected chi connectivity index (χ2v) is 4.89.